The van der Waals surface area contributed by atoms with E-state index in [9.17, 15) is 4.79 Å². The van der Waals surface area contributed by atoms with E-state index in [1.54, 1.807) is 12.4 Å². The smallest absolute Gasteiger partial charge is 0.167 e. The highest BCUT2D eigenvalue weighted by Gasteiger charge is 2.22. The lowest BCUT2D eigenvalue weighted by Crippen LogP contribution is -2.17. The number of pyridine rings is 1. The molecule has 0 aliphatic heterocycles. The van der Waals surface area contributed by atoms with Crippen molar-refractivity contribution in [1.29, 1.82) is 0 Å². The first-order valence-corrected chi connectivity index (χ1v) is 6.21. The van der Waals surface area contributed by atoms with Crippen molar-refractivity contribution in [3.63, 3.8) is 0 Å². The molecule has 1 aliphatic rings. The zero-order chi connectivity index (χ0) is 10.7. The van der Waals surface area contributed by atoms with Crippen LogP contribution in [-0.2, 0) is 0 Å². The molecular weight excluding hydrogens is 254 g/mol. The summed E-state index contributed by atoms with van der Waals surface area (Å²) in [7, 11) is 0. The summed E-state index contributed by atoms with van der Waals surface area (Å²) in [6.45, 7) is 0. The Hall–Kier alpha value is -0.700. The molecule has 1 heterocycles. The maximum absolute atomic E-state index is 12.1. The fourth-order valence-electron chi connectivity index (χ4n) is 2.15. The molecule has 1 saturated carbocycles. The van der Waals surface area contributed by atoms with E-state index in [4.69, 9.17) is 0 Å². The molecule has 0 saturated heterocycles. The lowest BCUT2D eigenvalue weighted by atomic mass is 9.84. The second-order valence-corrected chi connectivity index (χ2v) is 5.01. The Bertz CT molecular complexity index is 358. The molecule has 0 aromatic carbocycles. The van der Waals surface area contributed by atoms with E-state index in [2.05, 4.69) is 20.9 Å². The molecule has 2 rings (SSSR count). The van der Waals surface area contributed by atoms with Gasteiger partial charge in [-0.1, -0.05) is 19.3 Å². The number of aromatic nitrogens is 1. The summed E-state index contributed by atoms with van der Waals surface area (Å²) in [6.07, 6.45) is 9.13. The monoisotopic (exact) mass is 267 g/mol. The zero-order valence-corrected chi connectivity index (χ0v) is 10.2. The molecule has 0 bridgehead atoms. The summed E-state index contributed by atoms with van der Waals surface area (Å²) in [5.41, 5.74) is 0.747. The molecule has 2 nitrogen and oxygen atoms in total. The van der Waals surface area contributed by atoms with Crippen molar-refractivity contribution in [3.05, 3.63) is 28.5 Å². The maximum Gasteiger partial charge on any atom is 0.167 e. The molecule has 1 aromatic heterocycles. The first-order chi connectivity index (χ1) is 7.27. The summed E-state index contributed by atoms with van der Waals surface area (Å²) in [4.78, 5) is 16.1. The van der Waals surface area contributed by atoms with Gasteiger partial charge in [0.2, 0.25) is 0 Å². The molecular formula is C12H14BrNO. The van der Waals surface area contributed by atoms with Gasteiger partial charge in [0.15, 0.2) is 5.78 Å². The molecule has 1 aromatic rings. The minimum absolute atomic E-state index is 0.231. The van der Waals surface area contributed by atoms with Crippen molar-refractivity contribution in [2.75, 3.05) is 0 Å². The van der Waals surface area contributed by atoms with Crippen LogP contribution in [0.3, 0.4) is 0 Å². The summed E-state index contributed by atoms with van der Waals surface area (Å²) in [6, 6.07) is 1.87. The Kier molecular flexibility index (Phi) is 3.52. The normalized spacial score (nSPS) is 17.7. The number of hydrogen-bond acceptors (Lipinski definition) is 2. The topological polar surface area (TPSA) is 30.0 Å². The third-order valence-corrected chi connectivity index (χ3v) is 3.40. The van der Waals surface area contributed by atoms with Gasteiger partial charge in [-0.25, -0.2) is 0 Å². The molecule has 0 radical (unpaired) electrons. The SMILES string of the molecule is O=C(c1cncc(Br)c1)C1CCCCC1. The van der Waals surface area contributed by atoms with Crippen molar-refractivity contribution < 1.29 is 4.79 Å². The number of halogens is 1. The van der Waals surface area contributed by atoms with Gasteiger partial charge in [-0.05, 0) is 34.8 Å². The van der Waals surface area contributed by atoms with Crippen LogP contribution in [-0.4, -0.2) is 10.8 Å². The molecule has 15 heavy (non-hydrogen) atoms. The number of rotatable bonds is 2. The maximum atomic E-state index is 12.1. The van der Waals surface area contributed by atoms with Crippen molar-refractivity contribution in [2.45, 2.75) is 32.1 Å². The molecule has 0 amide bonds. The first-order valence-electron chi connectivity index (χ1n) is 5.42. The van der Waals surface area contributed by atoms with E-state index >= 15 is 0 Å². The quantitative estimate of drug-likeness (QED) is 0.767. The predicted octanol–water partition coefficient (Wildman–Crippen LogP) is 3.61. The van der Waals surface area contributed by atoms with Gasteiger partial charge in [-0.15, -0.1) is 0 Å². The standard InChI is InChI=1S/C12H14BrNO/c13-11-6-10(7-14-8-11)12(15)9-4-2-1-3-5-9/h6-9H,1-5H2. The minimum Gasteiger partial charge on any atom is -0.294 e. The minimum atomic E-state index is 0.231. The van der Waals surface area contributed by atoms with Gasteiger partial charge < -0.3 is 0 Å². The number of nitrogens with zero attached hydrogens (tertiary/aromatic N) is 1. The van der Waals surface area contributed by atoms with Crippen LogP contribution in [0.25, 0.3) is 0 Å². The van der Waals surface area contributed by atoms with Crippen molar-refractivity contribution >= 4 is 21.7 Å². The highest BCUT2D eigenvalue weighted by molar-refractivity contribution is 9.10. The van der Waals surface area contributed by atoms with Crippen LogP contribution in [0.4, 0.5) is 0 Å². The van der Waals surface area contributed by atoms with Gasteiger partial charge in [0.25, 0.3) is 0 Å². The summed E-state index contributed by atoms with van der Waals surface area (Å²) in [5.74, 6) is 0.498. The lowest BCUT2D eigenvalue weighted by Gasteiger charge is -2.20. The van der Waals surface area contributed by atoms with Crippen LogP contribution >= 0.6 is 15.9 Å². The Morgan fingerprint density at radius 2 is 2.00 bits per heavy atom. The van der Waals surface area contributed by atoms with Crippen molar-refractivity contribution in [1.82, 2.24) is 4.98 Å². The lowest BCUT2D eigenvalue weighted by molar-refractivity contribution is 0.0889. The van der Waals surface area contributed by atoms with Gasteiger partial charge in [0.1, 0.15) is 0 Å². The Labute approximate surface area is 98.2 Å². The number of carbonyl (C=O) groups is 1. The molecule has 1 aliphatic carbocycles. The fourth-order valence-corrected chi connectivity index (χ4v) is 2.51. The van der Waals surface area contributed by atoms with Gasteiger partial charge in [-0.2, -0.15) is 0 Å². The van der Waals surface area contributed by atoms with E-state index in [0.29, 0.717) is 0 Å². The molecule has 1 fully saturated rings. The Morgan fingerprint density at radius 1 is 1.27 bits per heavy atom. The molecule has 80 valence electrons. The van der Waals surface area contributed by atoms with Gasteiger partial charge in [0.05, 0.1) is 0 Å². The summed E-state index contributed by atoms with van der Waals surface area (Å²) < 4.78 is 0.879. The van der Waals surface area contributed by atoms with E-state index in [1.807, 2.05) is 6.07 Å². The Balaban J connectivity index is 2.12. The Morgan fingerprint density at radius 3 is 2.67 bits per heavy atom. The van der Waals surface area contributed by atoms with Crippen LogP contribution in [0.5, 0.6) is 0 Å². The fraction of sp³-hybridized carbons (Fsp3) is 0.500. The van der Waals surface area contributed by atoms with Crippen molar-refractivity contribution in [3.8, 4) is 0 Å². The van der Waals surface area contributed by atoms with Crippen LogP contribution in [0.1, 0.15) is 42.5 Å². The van der Waals surface area contributed by atoms with Crippen molar-refractivity contribution in [2.24, 2.45) is 5.92 Å². The highest BCUT2D eigenvalue weighted by atomic mass is 79.9. The number of Topliss-reactive ketones (excluding diaryl/α,β-unsaturated/α-hetero) is 1. The van der Waals surface area contributed by atoms with Crippen LogP contribution < -0.4 is 0 Å². The highest BCUT2D eigenvalue weighted by Crippen LogP contribution is 2.27. The number of carbonyl (C=O) groups excluding carboxylic acids is 1. The van der Waals surface area contributed by atoms with E-state index < -0.39 is 0 Å². The summed E-state index contributed by atoms with van der Waals surface area (Å²) >= 11 is 3.34. The van der Waals surface area contributed by atoms with Gasteiger partial charge in [0, 0.05) is 28.3 Å². The molecule has 3 heteroatoms. The summed E-state index contributed by atoms with van der Waals surface area (Å²) in [5, 5.41) is 0. The molecule has 0 atom stereocenters. The second kappa shape index (κ2) is 4.88. The van der Waals surface area contributed by atoms with E-state index in [1.165, 1.54) is 19.3 Å². The van der Waals surface area contributed by atoms with Gasteiger partial charge in [-0.3, -0.25) is 9.78 Å². The van der Waals surface area contributed by atoms with Crippen LogP contribution in [0.2, 0.25) is 0 Å². The number of ketones is 1. The second-order valence-electron chi connectivity index (χ2n) is 4.09. The molecule has 0 unspecified atom stereocenters. The number of hydrogen-bond donors (Lipinski definition) is 0. The average Bonchev–Trinajstić information content (AvgIpc) is 2.29. The van der Waals surface area contributed by atoms with E-state index in [-0.39, 0.29) is 11.7 Å². The first kappa shape index (κ1) is 10.8. The molecule has 0 N–H and O–H groups in total. The predicted molar refractivity (Wildman–Crippen MR) is 62.8 cm³/mol. The third kappa shape index (κ3) is 2.65. The zero-order valence-electron chi connectivity index (χ0n) is 8.58. The van der Waals surface area contributed by atoms with Crippen LogP contribution in [0.15, 0.2) is 22.9 Å². The third-order valence-electron chi connectivity index (χ3n) is 2.97. The van der Waals surface area contributed by atoms with E-state index in [0.717, 1.165) is 22.9 Å². The average molecular weight is 268 g/mol. The molecule has 0 spiro atoms. The van der Waals surface area contributed by atoms with Crippen LogP contribution in [0, 0.1) is 5.92 Å². The largest absolute Gasteiger partial charge is 0.294 e. The van der Waals surface area contributed by atoms with Gasteiger partial charge >= 0.3 is 0 Å².